The van der Waals surface area contributed by atoms with Gasteiger partial charge in [0, 0.05) is 31.9 Å². The molecule has 2 amide bonds. The van der Waals surface area contributed by atoms with Crippen LogP contribution in [0.5, 0.6) is 0 Å². The van der Waals surface area contributed by atoms with Crippen molar-refractivity contribution in [2.45, 2.75) is 6.10 Å². The number of aromatic nitrogens is 1. The Morgan fingerprint density at radius 2 is 2.05 bits per heavy atom. The summed E-state index contributed by atoms with van der Waals surface area (Å²) < 4.78 is 1.98. The molecular weight excluding hydrogens is 282 g/mol. The molecule has 0 fully saturated rings. The minimum atomic E-state index is -0.874. The largest absolute Gasteiger partial charge is 0.387 e. The SMILES string of the molecule is C=CCNC(=O)C(=O)NCC(O)c1ccc2c(ccn2C)c1. The third-order valence-corrected chi connectivity index (χ3v) is 3.36. The Balaban J connectivity index is 1.95. The third kappa shape index (κ3) is 3.53. The number of hydrogen-bond acceptors (Lipinski definition) is 3. The minimum absolute atomic E-state index is 0.0291. The second-order valence-corrected chi connectivity index (χ2v) is 4.97. The lowest BCUT2D eigenvalue weighted by atomic mass is 10.1. The van der Waals surface area contributed by atoms with Crippen molar-refractivity contribution in [3.8, 4) is 0 Å². The fraction of sp³-hybridized carbons (Fsp3) is 0.250. The van der Waals surface area contributed by atoms with Crippen LogP contribution in [-0.2, 0) is 16.6 Å². The van der Waals surface area contributed by atoms with E-state index < -0.39 is 17.9 Å². The van der Waals surface area contributed by atoms with Crippen molar-refractivity contribution >= 4 is 22.7 Å². The van der Waals surface area contributed by atoms with Crippen molar-refractivity contribution in [1.29, 1.82) is 0 Å². The Morgan fingerprint density at radius 3 is 2.77 bits per heavy atom. The number of benzene rings is 1. The average Bonchev–Trinajstić information content (AvgIpc) is 2.90. The highest BCUT2D eigenvalue weighted by atomic mass is 16.3. The summed E-state index contributed by atoms with van der Waals surface area (Å²) in [6.45, 7) is 3.64. The van der Waals surface area contributed by atoms with Gasteiger partial charge in [-0.25, -0.2) is 0 Å². The molecule has 1 unspecified atom stereocenters. The third-order valence-electron chi connectivity index (χ3n) is 3.36. The topological polar surface area (TPSA) is 83.4 Å². The van der Waals surface area contributed by atoms with E-state index in [9.17, 15) is 14.7 Å². The van der Waals surface area contributed by atoms with Crippen molar-refractivity contribution in [1.82, 2.24) is 15.2 Å². The highest BCUT2D eigenvalue weighted by Gasteiger charge is 2.15. The number of nitrogens with zero attached hydrogens (tertiary/aromatic N) is 1. The highest BCUT2D eigenvalue weighted by molar-refractivity contribution is 6.35. The number of aliphatic hydroxyl groups excluding tert-OH is 1. The molecule has 0 radical (unpaired) electrons. The Bertz CT molecular complexity index is 706. The number of carbonyl (C=O) groups excluding carboxylic acids is 2. The van der Waals surface area contributed by atoms with Gasteiger partial charge in [-0.15, -0.1) is 6.58 Å². The van der Waals surface area contributed by atoms with Gasteiger partial charge in [0.25, 0.3) is 0 Å². The first-order valence-electron chi connectivity index (χ1n) is 6.93. The van der Waals surface area contributed by atoms with Crippen LogP contribution in [0.15, 0.2) is 43.1 Å². The first kappa shape index (κ1) is 15.8. The summed E-state index contributed by atoms with van der Waals surface area (Å²) in [5.41, 5.74) is 1.74. The van der Waals surface area contributed by atoms with Crippen molar-refractivity contribution in [3.63, 3.8) is 0 Å². The van der Waals surface area contributed by atoms with E-state index in [0.29, 0.717) is 5.56 Å². The van der Waals surface area contributed by atoms with E-state index in [1.807, 2.05) is 36.0 Å². The number of carbonyl (C=O) groups is 2. The van der Waals surface area contributed by atoms with Gasteiger partial charge < -0.3 is 20.3 Å². The van der Waals surface area contributed by atoms with Crippen molar-refractivity contribution < 1.29 is 14.7 Å². The van der Waals surface area contributed by atoms with Gasteiger partial charge in [-0.3, -0.25) is 9.59 Å². The summed E-state index contributed by atoms with van der Waals surface area (Å²) in [4.78, 5) is 22.9. The van der Waals surface area contributed by atoms with Gasteiger partial charge in [-0.05, 0) is 29.1 Å². The van der Waals surface area contributed by atoms with E-state index in [0.717, 1.165) is 10.9 Å². The van der Waals surface area contributed by atoms with Crippen molar-refractivity contribution in [2.24, 2.45) is 7.05 Å². The molecule has 6 nitrogen and oxygen atoms in total. The second-order valence-electron chi connectivity index (χ2n) is 4.97. The Labute approximate surface area is 128 Å². The number of rotatable bonds is 5. The zero-order chi connectivity index (χ0) is 16.1. The predicted molar refractivity (Wildman–Crippen MR) is 84.1 cm³/mol. The molecule has 0 aliphatic carbocycles. The maximum absolute atomic E-state index is 11.5. The van der Waals surface area contributed by atoms with Gasteiger partial charge in [0.1, 0.15) is 0 Å². The van der Waals surface area contributed by atoms with E-state index in [1.54, 1.807) is 6.07 Å². The quantitative estimate of drug-likeness (QED) is 0.559. The van der Waals surface area contributed by atoms with E-state index in [-0.39, 0.29) is 13.1 Å². The fourth-order valence-electron chi connectivity index (χ4n) is 2.14. The number of aliphatic hydroxyl groups is 1. The lowest BCUT2D eigenvalue weighted by Crippen LogP contribution is -2.41. The molecule has 1 heterocycles. The van der Waals surface area contributed by atoms with Crippen LogP contribution in [0.3, 0.4) is 0 Å². The Hall–Kier alpha value is -2.60. The van der Waals surface area contributed by atoms with Crippen LogP contribution in [0.1, 0.15) is 11.7 Å². The molecule has 2 rings (SSSR count). The van der Waals surface area contributed by atoms with Gasteiger partial charge in [-0.1, -0.05) is 12.1 Å². The van der Waals surface area contributed by atoms with Crippen LogP contribution in [-0.4, -0.2) is 34.6 Å². The standard InChI is InChI=1S/C16H19N3O3/c1-3-7-17-15(21)16(22)18-10-14(20)12-4-5-13-11(9-12)6-8-19(13)2/h3-6,8-9,14,20H,1,7,10H2,2H3,(H,17,21)(H,18,22). The average molecular weight is 301 g/mol. The van der Waals surface area contributed by atoms with Gasteiger partial charge in [-0.2, -0.15) is 0 Å². The summed E-state index contributed by atoms with van der Waals surface area (Å²) in [5, 5.41) is 15.9. The predicted octanol–water partition coefficient (Wildman–Crippen LogP) is 0.630. The Morgan fingerprint density at radius 1 is 1.32 bits per heavy atom. The van der Waals surface area contributed by atoms with Gasteiger partial charge in [0.05, 0.1) is 6.10 Å². The molecule has 1 aromatic heterocycles. The summed E-state index contributed by atoms with van der Waals surface area (Å²) >= 11 is 0. The smallest absolute Gasteiger partial charge is 0.309 e. The number of fused-ring (bicyclic) bond motifs is 1. The van der Waals surface area contributed by atoms with E-state index >= 15 is 0 Å². The van der Waals surface area contributed by atoms with Crippen LogP contribution < -0.4 is 10.6 Å². The van der Waals surface area contributed by atoms with E-state index in [1.165, 1.54) is 6.08 Å². The maximum Gasteiger partial charge on any atom is 0.309 e. The van der Waals surface area contributed by atoms with Gasteiger partial charge in [0.2, 0.25) is 0 Å². The maximum atomic E-state index is 11.5. The monoisotopic (exact) mass is 301 g/mol. The normalized spacial score (nSPS) is 11.9. The lowest BCUT2D eigenvalue weighted by molar-refractivity contribution is -0.139. The number of amides is 2. The molecule has 6 heteroatoms. The van der Waals surface area contributed by atoms with Crippen LogP contribution in [0, 0.1) is 0 Å². The van der Waals surface area contributed by atoms with Gasteiger partial charge in [0.15, 0.2) is 0 Å². The first-order valence-corrected chi connectivity index (χ1v) is 6.93. The van der Waals surface area contributed by atoms with E-state index in [4.69, 9.17) is 0 Å². The molecule has 3 N–H and O–H groups in total. The molecule has 116 valence electrons. The fourth-order valence-corrected chi connectivity index (χ4v) is 2.14. The molecular formula is C16H19N3O3. The van der Waals surface area contributed by atoms with Crippen LogP contribution in [0.25, 0.3) is 10.9 Å². The summed E-state index contributed by atoms with van der Waals surface area (Å²) in [6, 6.07) is 7.53. The van der Waals surface area contributed by atoms with Crippen molar-refractivity contribution in [3.05, 3.63) is 48.7 Å². The molecule has 0 bridgehead atoms. The summed E-state index contributed by atoms with van der Waals surface area (Å²) in [6.07, 6.45) is 2.54. The molecule has 0 spiro atoms. The minimum Gasteiger partial charge on any atom is -0.387 e. The first-order chi connectivity index (χ1) is 10.5. The molecule has 22 heavy (non-hydrogen) atoms. The molecule has 2 aromatic rings. The molecule has 0 saturated heterocycles. The van der Waals surface area contributed by atoms with Crippen molar-refractivity contribution in [2.75, 3.05) is 13.1 Å². The van der Waals surface area contributed by atoms with Crippen LogP contribution >= 0.6 is 0 Å². The second kappa shape index (κ2) is 6.91. The summed E-state index contributed by atoms with van der Waals surface area (Å²) in [5.74, 6) is -1.52. The molecule has 0 aliphatic heterocycles. The molecule has 1 atom stereocenters. The number of hydrogen-bond donors (Lipinski definition) is 3. The van der Waals surface area contributed by atoms with Gasteiger partial charge >= 0.3 is 11.8 Å². The highest BCUT2D eigenvalue weighted by Crippen LogP contribution is 2.20. The zero-order valence-corrected chi connectivity index (χ0v) is 12.4. The number of aryl methyl sites for hydroxylation is 1. The summed E-state index contributed by atoms with van der Waals surface area (Å²) in [7, 11) is 1.94. The van der Waals surface area contributed by atoms with Crippen LogP contribution in [0.2, 0.25) is 0 Å². The van der Waals surface area contributed by atoms with Crippen LogP contribution in [0.4, 0.5) is 0 Å². The van der Waals surface area contributed by atoms with E-state index in [2.05, 4.69) is 17.2 Å². The molecule has 0 aliphatic rings. The number of nitrogens with one attached hydrogen (secondary N) is 2. The molecule has 1 aromatic carbocycles. The zero-order valence-electron chi connectivity index (χ0n) is 12.4. The Kier molecular flexibility index (Phi) is 4.95. The lowest BCUT2D eigenvalue weighted by Gasteiger charge is -2.12. The molecule has 0 saturated carbocycles.